The van der Waals surface area contributed by atoms with Gasteiger partial charge in [0.25, 0.3) is 0 Å². The molecule has 0 saturated heterocycles. The second kappa shape index (κ2) is 11.1. The van der Waals surface area contributed by atoms with Gasteiger partial charge in [0, 0.05) is 6.54 Å². The first-order chi connectivity index (χ1) is 12.6. The Bertz CT molecular complexity index is 635. The first kappa shape index (κ1) is 23.2. The molecule has 148 valence electrons. The van der Waals surface area contributed by atoms with E-state index in [0.29, 0.717) is 24.1 Å². The van der Waals surface area contributed by atoms with Crippen LogP contribution in [0.25, 0.3) is 0 Å². The molecular weight excluding hydrogens is 362 g/mol. The summed E-state index contributed by atoms with van der Waals surface area (Å²) in [4.78, 5) is 15.3. The molecule has 0 spiro atoms. The third-order valence-corrected chi connectivity index (χ3v) is 4.76. The summed E-state index contributed by atoms with van der Waals surface area (Å²) >= 11 is 0. The minimum Gasteiger partial charge on any atom is -0.458 e. The summed E-state index contributed by atoms with van der Waals surface area (Å²) in [6, 6.07) is 17.9. The number of hydrogen-bond donors (Lipinski definition) is 1. The van der Waals surface area contributed by atoms with Crippen LogP contribution in [0.2, 0.25) is 0 Å². The number of ether oxygens (including phenoxy) is 1. The molecule has 0 aliphatic heterocycles. The van der Waals surface area contributed by atoms with E-state index in [2.05, 4.69) is 18.7 Å². The van der Waals surface area contributed by atoms with Gasteiger partial charge in [0.1, 0.15) is 6.10 Å². The van der Waals surface area contributed by atoms with Gasteiger partial charge in [-0.1, -0.05) is 81.4 Å². The standard InChI is InChI=1S/C22H29NO3.ClH/c1-4-20(17-23(5-2)6-3)26-21(24)22(25,18-13-9-7-10-14-18)19-15-11-8-12-16-19;/h7-16,20,25H,4-6,17H2,1-3H3;1H. The van der Waals surface area contributed by atoms with Crippen LogP contribution in [-0.2, 0) is 15.1 Å². The van der Waals surface area contributed by atoms with E-state index in [9.17, 15) is 9.90 Å². The van der Waals surface area contributed by atoms with Crippen LogP contribution in [0.4, 0.5) is 0 Å². The quantitative estimate of drug-likeness (QED) is 0.656. The summed E-state index contributed by atoms with van der Waals surface area (Å²) in [6.07, 6.45) is 0.434. The number of benzene rings is 2. The Balaban J connectivity index is 0.00000364. The molecule has 2 aromatic rings. The van der Waals surface area contributed by atoms with Gasteiger partial charge in [0.2, 0.25) is 5.60 Å². The number of esters is 1. The highest BCUT2D eigenvalue weighted by Gasteiger charge is 2.42. The third kappa shape index (κ3) is 5.55. The molecule has 0 heterocycles. The second-order valence-electron chi connectivity index (χ2n) is 6.36. The van der Waals surface area contributed by atoms with E-state index in [0.717, 1.165) is 13.1 Å². The Labute approximate surface area is 168 Å². The van der Waals surface area contributed by atoms with Crippen molar-refractivity contribution >= 4 is 18.4 Å². The molecule has 5 heteroatoms. The first-order valence-corrected chi connectivity index (χ1v) is 9.33. The van der Waals surface area contributed by atoms with Crippen LogP contribution >= 0.6 is 12.4 Å². The Morgan fingerprint density at radius 1 is 0.963 bits per heavy atom. The predicted molar refractivity (Wildman–Crippen MR) is 111 cm³/mol. The van der Waals surface area contributed by atoms with Crippen molar-refractivity contribution in [2.45, 2.75) is 38.9 Å². The monoisotopic (exact) mass is 391 g/mol. The van der Waals surface area contributed by atoms with Gasteiger partial charge >= 0.3 is 5.97 Å². The van der Waals surface area contributed by atoms with Crippen molar-refractivity contribution in [3.63, 3.8) is 0 Å². The smallest absolute Gasteiger partial charge is 0.348 e. The minimum atomic E-state index is -1.82. The normalized spacial score (nSPS) is 12.3. The van der Waals surface area contributed by atoms with Gasteiger partial charge in [0.15, 0.2) is 0 Å². The van der Waals surface area contributed by atoms with Crippen molar-refractivity contribution in [2.75, 3.05) is 19.6 Å². The number of rotatable bonds is 9. The minimum absolute atomic E-state index is 0. The van der Waals surface area contributed by atoms with E-state index in [1.807, 2.05) is 43.3 Å². The summed E-state index contributed by atoms with van der Waals surface area (Å²) in [5.74, 6) is -0.631. The topological polar surface area (TPSA) is 49.8 Å². The maximum atomic E-state index is 13.1. The van der Waals surface area contributed by atoms with E-state index in [1.54, 1.807) is 24.3 Å². The molecule has 1 unspecified atom stereocenters. The molecule has 1 N–H and O–H groups in total. The Kier molecular flexibility index (Phi) is 9.50. The van der Waals surface area contributed by atoms with Gasteiger partial charge in [-0.15, -0.1) is 12.4 Å². The van der Waals surface area contributed by atoms with Crippen LogP contribution in [0.1, 0.15) is 38.3 Å². The fourth-order valence-corrected chi connectivity index (χ4v) is 3.02. The van der Waals surface area contributed by atoms with Crippen molar-refractivity contribution in [3.8, 4) is 0 Å². The fourth-order valence-electron chi connectivity index (χ4n) is 3.02. The molecular formula is C22H30ClNO3. The Morgan fingerprint density at radius 2 is 1.41 bits per heavy atom. The molecule has 27 heavy (non-hydrogen) atoms. The first-order valence-electron chi connectivity index (χ1n) is 9.33. The zero-order chi connectivity index (χ0) is 19.0. The van der Waals surface area contributed by atoms with Gasteiger partial charge in [-0.3, -0.25) is 0 Å². The van der Waals surface area contributed by atoms with E-state index in [-0.39, 0.29) is 18.5 Å². The molecule has 2 rings (SSSR count). The number of carbonyl (C=O) groups excluding carboxylic acids is 1. The van der Waals surface area contributed by atoms with Crippen LogP contribution in [0.3, 0.4) is 0 Å². The zero-order valence-electron chi connectivity index (χ0n) is 16.3. The molecule has 0 bridgehead atoms. The molecule has 0 aliphatic carbocycles. The van der Waals surface area contributed by atoms with Gasteiger partial charge in [-0.2, -0.15) is 0 Å². The highest BCUT2D eigenvalue weighted by molar-refractivity contribution is 5.86. The number of nitrogens with zero attached hydrogens (tertiary/aromatic N) is 1. The van der Waals surface area contributed by atoms with E-state index in [4.69, 9.17) is 4.74 Å². The number of aliphatic hydroxyl groups is 1. The SMILES string of the molecule is CCC(CN(CC)CC)OC(=O)C(O)(c1ccccc1)c1ccccc1.Cl. The lowest BCUT2D eigenvalue weighted by molar-refractivity contribution is -0.169. The lowest BCUT2D eigenvalue weighted by Gasteiger charge is -2.31. The molecule has 0 fully saturated rings. The Hall–Kier alpha value is -1.88. The average molecular weight is 392 g/mol. The average Bonchev–Trinajstić information content (AvgIpc) is 2.71. The maximum Gasteiger partial charge on any atom is 0.348 e. The number of halogens is 1. The van der Waals surface area contributed by atoms with Gasteiger partial charge in [-0.25, -0.2) is 4.79 Å². The van der Waals surface area contributed by atoms with Crippen molar-refractivity contribution in [1.29, 1.82) is 0 Å². The summed E-state index contributed by atoms with van der Waals surface area (Å²) in [5.41, 5.74) is -0.804. The van der Waals surface area contributed by atoms with Crippen molar-refractivity contribution in [1.82, 2.24) is 4.90 Å². The van der Waals surface area contributed by atoms with E-state index in [1.165, 1.54) is 0 Å². The zero-order valence-corrected chi connectivity index (χ0v) is 17.1. The van der Waals surface area contributed by atoms with E-state index >= 15 is 0 Å². The molecule has 0 amide bonds. The fraction of sp³-hybridized carbons (Fsp3) is 0.409. The van der Waals surface area contributed by atoms with Crippen molar-refractivity contribution < 1.29 is 14.6 Å². The lowest BCUT2D eigenvalue weighted by Crippen LogP contribution is -2.43. The molecule has 0 aromatic heterocycles. The lowest BCUT2D eigenvalue weighted by atomic mass is 9.86. The largest absolute Gasteiger partial charge is 0.458 e. The predicted octanol–water partition coefficient (Wildman–Crippen LogP) is 4.01. The summed E-state index contributed by atoms with van der Waals surface area (Å²) < 4.78 is 5.78. The maximum absolute atomic E-state index is 13.1. The van der Waals surface area contributed by atoms with Gasteiger partial charge in [-0.05, 0) is 30.6 Å². The van der Waals surface area contributed by atoms with Crippen molar-refractivity contribution in [2.24, 2.45) is 0 Å². The van der Waals surface area contributed by atoms with Crippen LogP contribution in [-0.4, -0.2) is 41.7 Å². The number of hydrogen-bond acceptors (Lipinski definition) is 4. The van der Waals surface area contributed by atoms with Crippen LogP contribution < -0.4 is 0 Å². The van der Waals surface area contributed by atoms with Crippen LogP contribution in [0.15, 0.2) is 60.7 Å². The van der Waals surface area contributed by atoms with E-state index < -0.39 is 11.6 Å². The summed E-state index contributed by atoms with van der Waals surface area (Å²) in [6.45, 7) is 8.61. The summed E-state index contributed by atoms with van der Waals surface area (Å²) in [7, 11) is 0. The van der Waals surface area contributed by atoms with Crippen LogP contribution in [0.5, 0.6) is 0 Å². The van der Waals surface area contributed by atoms with Gasteiger partial charge in [0.05, 0.1) is 0 Å². The number of carbonyl (C=O) groups is 1. The molecule has 0 aliphatic rings. The molecule has 4 nitrogen and oxygen atoms in total. The van der Waals surface area contributed by atoms with Crippen LogP contribution in [0, 0.1) is 0 Å². The molecule has 0 saturated carbocycles. The number of likely N-dealkylation sites (N-methyl/N-ethyl adjacent to an activating group) is 1. The highest BCUT2D eigenvalue weighted by atomic mass is 35.5. The van der Waals surface area contributed by atoms with Crippen molar-refractivity contribution in [3.05, 3.63) is 71.8 Å². The molecule has 0 radical (unpaired) electrons. The second-order valence-corrected chi connectivity index (χ2v) is 6.36. The van der Waals surface area contributed by atoms with Gasteiger partial charge < -0.3 is 14.7 Å². The molecule has 2 aromatic carbocycles. The Morgan fingerprint density at radius 3 is 1.78 bits per heavy atom. The highest BCUT2D eigenvalue weighted by Crippen LogP contribution is 2.31. The third-order valence-electron chi connectivity index (χ3n) is 4.76. The summed E-state index contributed by atoms with van der Waals surface area (Å²) in [5, 5.41) is 11.4. The molecule has 1 atom stereocenters.